The summed E-state index contributed by atoms with van der Waals surface area (Å²) in [7, 11) is 1.70. The van der Waals surface area contributed by atoms with Gasteiger partial charge < -0.3 is 15.0 Å². The highest BCUT2D eigenvalue weighted by Gasteiger charge is 2.27. The Labute approximate surface area is 151 Å². The molecule has 1 atom stereocenters. The fraction of sp³-hybridized carbons (Fsp3) is 0.650. The van der Waals surface area contributed by atoms with E-state index in [4.69, 9.17) is 4.74 Å². The van der Waals surface area contributed by atoms with Gasteiger partial charge in [-0.05, 0) is 31.9 Å². The van der Waals surface area contributed by atoms with Gasteiger partial charge in [-0.1, -0.05) is 25.3 Å². The molecule has 0 spiro atoms. The number of nitrogens with zero attached hydrogens (tertiary/aromatic N) is 2. The standard InChI is InChI=1S/C20H31N3O2/c1-16(20(24)21-17-7-4-3-5-8-17)22-11-13-23(14-12-22)18-9-6-10-19(15-18)25-2/h6,9-10,15-17H,3-5,7-8,11-14H2,1-2H3,(H,21,24)/t16-/m0/s1. The molecule has 0 aromatic heterocycles. The molecule has 3 rings (SSSR count). The van der Waals surface area contributed by atoms with Crippen LogP contribution in [0.2, 0.25) is 0 Å². The molecule has 25 heavy (non-hydrogen) atoms. The molecule has 5 nitrogen and oxygen atoms in total. The van der Waals surface area contributed by atoms with Crippen LogP contribution in [0.15, 0.2) is 24.3 Å². The van der Waals surface area contributed by atoms with Crippen molar-refractivity contribution in [3.63, 3.8) is 0 Å². The lowest BCUT2D eigenvalue weighted by Gasteiger charge is -2.39. The Balaban J connectivity index is 1.49. The number of rotatable bonds is 5. The van der Waals surface area contributed by atoms with Crippen molar-refractivity contribution in [2.45, 2.75) is 51.1 Å². The summed E-state index contributed by atoms with van der Waals surface area (Å²) in [6.45, 7) is 5.74. The van der Waals surface area contributed by atoms with Gasteiger partial charge in [-0.15, -0.1) is 0 Å². The van der Waals surface area contributed by atoms with Gasteiger partial charge in [-0.25, -0.2) is 0 Å². The summed E-state index contributed by atoms with van der Waals surface area (Å²) in [5, 5.41) is 3.26. The maximum atomic E-state index is 12.6. The number of carbonyl (C=O) groups excluding carboxylic acids is 1. The van der Waals surface area contributed by atoms with E-state index in [1.807, 2.05) is 19.1 Å². The van der Waals surface area contributed by atoms with Crippen LogP contribution < -0.4 is 15.0 Å². The number of nitrogens with one attached hydrogen (secondary N) is 1. The van der Waals surface area contributed by atoms with Gasteiger partial charge in [0.05, 0.1) is 13.2 Å². The summed E-state index contributed by atoms with van der Waals surface area (Å²) >= 11 is 0. The smallest absolute Gasteiger partial charge is 0.237 e. The van der Waals surface area contributed by atoms with Crippen LogP contribution in [-0.4, -0.2) is 56.2 Å². The summed E-state index contributed by atoms with van der Waals surface area (Å²) in [6, 6.07) is 8.54. The molecule has 2 fully saturated rings. The molecule has 138 valence electrons. The minimum atomic E-state index is -0.0469. The summed E-state index contributed by atoms with van der Waals surface area (Å²) in [6.07, 6.45) is 6.09. The van der Waals surface area contributed by atoms with Gasteiger partial charge in [0.1, 0.15) is 5.75 Å². The van der Waals surface area contributed by atoms with Crippen molar-refractivity contribution in [1.29, 1.82) is 0 Å². The number of methoxy groups -OCH3 is 1. The number of amides is 1. The van der Waals surface area contributed by atoms with E-state index in [1.165, 1.54) is 24.9 Å². The predicted molar refractivity (Wildman–Crippen MR) is 101 cm³/mol. The molecular formula is C20H31N3O2. The third-order valence-electron chi connectivity index (χ3n) is 5.61. The van der Waals surface area contributed by atoms with Gasteiger partial charge in [0.2, 0.25) is 5.91 Å². The first-order valence-electron chi connectivity index (χ1n) is 9.61. The van der Waals surface area contributed by atoms with E-state index in [0.29, 0.717) is 6.04 Å². The lowest BCUT2D eigenvalue weighted by atomic mass is 9.95. The molecule has 1 saturated carbocycles. The first-order valence-corrected chi connectivity index (χ1v) is 9.61. The monoisotopic (exact) mass is 345 g/mol. The molecule has 1 aliphatic carbocycles. The second kappa shape index (κ2) is 8.56. The molecule has 1 aromatic carbocycles. The van der Waals surface area contributed by atoms with E-state index >= 15 is 0 Å². The van der Waals surface area contributed by atoms with E-state index < -0.39 is 0 Å². The summed E-state index contributed by atoms with van der Waals surface area (Å²) in [4.78, 5) is 17.2. The average molecular weight is 345 g/mol. The molecule has 1 amide bonds. The second-order valence-corrected chi connectivity index (χ2v) is 7.24. The zero-order valence-electron chi connectivity index (χ0n) is 15.5. The number of hydrogen-bond donors (Lipinski definition) is 1. The van der Waals surface area contributed by atoms with Crippen LogP contribution >= 0.6 is 0 Å². The Kier molecular flexibility index (Phi) is 6.19. The molecule has 1 aromatic rings. The van der Waals surface area contributed by atoms with Crippen LogP contribution in [0.4, 0.5) is 5.69 Å². The third kappa shape index (κ3) is 4.66. The number of hydrogen-bond acceptors (Lipinski definition) is 4. The maximum Gasteiger partial charge on any atom is 0.237 e. The van der Waals surface area contributed by atoms with Gasteiger partial charge in [0.25, 0.3) is 0 Å². The summed E-state index contributed by atoms with van der Waals surface area (Å²) in [5.41, 5.74) is 1.19. The first kappa shape index (κ1) is 18.1. The lowest BCUT2D eigenvalue weighted by molar-refractivity contribution is -0.127. The number of benzene rings is 1. The zero-order valence-corrected chi connectivity index (χ0v) is 15.5. The summed E-state index contributed by atoms with van der Waals surface area (Å²) < 4.78 is 5.32. The van der Waals surface area contributed by atoms with Crippen LogP contribution in [0.1, 0.15) is 39.0 Å². The summed E-state index contributed by atoms with van der Waals surface area (Å²) in [5.74, 6) is 1.09. The molecule has 1 saturated heterocycles. The molecule has 2 aliphatic rings. The Morgan fingerprint density at radius 3 is 2.56 bits per heavy atom. The second-order valence-electron chi connectivity index (χ2n) is 7.24. The average Bonchev–Trinajstić information content (AvgIpc) is 2.68. The van der Waals surface area contributed by atoms with Crippen LogP contribution in [0.25, 0.3) is 0 Å². The predicted octanol–water partition coefficient (Wildman–Crippen LogP) is 2.65. The van der Waals surface area contributed by atoms with Crippen LogP contribution in [0.5, 0.6) is 5.75 Å². The maximum absolute atomic E-state index is 12.6. The highest BCUT2D eigenvalue weighted by atomic mass is 16.5. The van der Waals surface area contributed by atoms with Gasteiger partial charge in [0.15, 0.2) is 0 Å². The number of anilines is 1. The number of ether oxygens (including phenoxy) is 1. The van der Waals surface area contributed by atoms with E-state index in [9.17, 15) is 4.79 Å². The van der Waals surface area contributed by atoms with Crippen molar-refractivity contribution in [2.75, 3.05) is 38.2 Å². The van der Waals surface area contributed by atoms with Gasteiger partial charge in [-0.3, -0.25) is 9.69 Å². The zero-order chi connectivity index (χ0) is 17.6. The van der Waals surface area contributed by atoms with E-state index in [-0.39, 0.29) is 11.9 Å². The molecular weight excluding hydrogens is 314 g/mol. The Morgan fingerprint density at radius 1 is 1.16 bits per heavy atom. The molecule has 0 bridgehead atoms. The largest absolute Gasteiger partial charge is 0.497 e. The molecule has 0 unspecified atom stereocenters. The highest BCUT2D eigenvalue weighted by molar-refractivity contribution is 5.81. The van der Waals surface area contributed by atoms with Gasteiger partial charge >= 0.3 is 0 Å². The van der Waals surface area contributed by atoms with Crippen LogP contribution in [0, 0.1) is 0 Å². The highest BCUT2D eigenvalue weighted by Crippen LogP contribution is 2.23. The van der Waals surface area contributed by atoms with Crippen molar-refractivity contribution in [2.24, 2.45) is 0 Å². The quantitative estimate of drug-likeness (QED) is 0.891. The Hall–Kier alpha value is -1.75. The van der Waals surface area contributed by atoms with Gasteiger partial charge in [-0.2, -0.15) is 0 Å². The first-order chi connectivity index (χ1) is 12.2. The number of piperazine rings is 1. The molecule has 1 N–H and O–H groups in total. The van der Waals surface area contributed by atoms with Crippen molar-refractivity contribution < 1.29 is 9.53 Å². The lowest BCUT2D eigenvalue weighted by Crippen LogP contribution is -2.55. The SMILES string of the molecule is COc1cccc(N2CCN([C@@H](C)C(=O)NC3CCCCC3)CC2)c1. The normalized spacial score (nSPS) is 21.0. The molecule has 0 radical (unpaired) electrons. The topological polar surface area (TPSA) is 44.8 Å². The molecule has 1 aliphatic heterocycles. The third-order valence-corrected chi connectivity index (χ3v) is 5.61. The minimum Gasteiger partial charge on any atom is -0.497 e. The van der Waals surface area contributed by atoms with E-state index in [0.717, 1.165) is 44.8 Å². The van der Waals surface area contributed by atoms with Crippen molar-refractivity contribution in [3.05, 3.63) is 24.3 Å². The Bertz CT molecular complexity index is 564. The molecule has 5 heteroatoms. The van der Waals surface area contributed by atoms with Crippen LogP contribution in [0.3, 0.4) is 0 Å². The molecule has 1 heterocycles. The Morgan fingerprint density at radius 2 is 1.88 bits per heavy atom. The van der Waals surface area contributed by atoms with E-state index in [2.05, 4.69) is 27.2 Å². The van der Waals surface area contributed by atoms with E-state index in [1.54, 1.807) is 7.11 Å². The van der Waals surface area contributed by atoms with Crippen molar-refractivity contribution in [1.82, 2.24) is 10.2 Å². The van der Waals surface area contributed by atoms with Crippen molar-refractivity contribution in [3.8, 4) is 5.75 Å². The minimum absolute atomic E-state index is 0.0469. The van der Waals surface area contributed by atoms with Crippen molar-refractivity contribution >= 4 is 11.6 Å². The number of carbonyl (C=O) groups is 1. The van der Waals surface area contributed by atoms with Gasteiger partial charge in [0, 0.05) is 44.0 Å². The fourth-order valence-corrected chi connectivity index (χ4v) is 3.91. The fourth-order valence-electron chi connectivity index (χ4n) is 3.91. The van der Waals surface area contributed by atoms with Crippen LogP contribution in [-0.2, 0) is 4.79 Å².